The molecule has 0 atom stereocenters. The van der Waals surface area contributed by atoms with Crippen molar-refractivity contribution >= 4 is 11.3 Å². The fraction of sp³-hybridized carbons (Fsp3) is 0.286. The number of hydrogen-bond donors (Lipinski definition) is 0. The highest BCUT2D eigenvalue weighted by Gasteiger charge is 1.89. The Hall–Kier alpha value is -0.810. The maximum absolute atomic E-state index is 5.06. The zero-order valence-electron chi connectivity index (χ0n) is 4.51. The third-order valence-corrected chi connectivity index (χ3v) is 1.54. The number of nitrogens with zero attached hydrogens (tertiary/aromatic N) is 1. The minimum Gasteiger partial charge on any atom is -0.233 e. The largest absolute Gasteiger partial charge is 0.233 e. The molecule has 0 fully saturated rings. The molecule has 0 aliphatic rings. The molecule has 1 nitrogen and oxygen atoms in total. The van der Waals surface area contributed by atoms with Crippen LogP contribution in [0, 0.1) is 19.3 Å². The van der Waals surface area contributed by atoms with E-state index in [4.69, 9.17) is 6.42 Å². The molecule has 0 saturated heterocycles. The standard InChI is InChI=1S/C6H5NS.CH4/c1-3-6-4-8-5(2)7-6;/h1,4H,2H3;1H4. The average molecular weight is 139 g/mol. The summed E-state index contributed by atoms with van der Waals surface area (Å²) in [6, 6.07) is 0. The van der Waals surface area contributed by atoms with E-state index in [1.807, 2.05) is 12.3 Å². The molecule has 0 aromatic carbocycles. The Kier molecular flexibility index (Phi) is 2.97. The lowest BCUT2D eigenvalue weighted by molar-refractivity contribution is 1.27. The molecule has 0 saturated carbocycles. The number of thiazole rings is 1. The first kappa shape index (κ1) is 8.19. The van der Waals surface area contributed by atoms with E-state index in [2.05, 4.69) is 10.9 Å². The molecule has 1 aromatic rings. The zero-order valence-corrected chi connectivity index (χ0v) is 5.33. The topological polar surface area (TPSA) is 12.9 Å². The molecular weight excluding hydrogens is 130 g/mol. The van der Waals surface area contributed by atoms with Crippen molar-refractivity contribution in [2.75, 3.05) is 0 Å². The number of terminal acetylenes is 1. The number of hydrogen-bond acceptors (Lipinski definition) is 2. The molecular formula is C7H9NS. The highest BCUT2D eigenvalue weighted by molar-refractivity contribution is 7.09. The van der Waals surface area contributed by atoms with Crippen molar-refractivity contribution in [2.45, 2.75) is 14.4 Å². The Morgan fingerprint density at radius 2 is 2.44 bits per heavy atom. The second-order valence-electron chi connectivity index (χ2n) is 1.40. The van der Waals surface area contributed by atoms with E-state index in [-0.39, 0.29) is 7.43 Å². The molecule has 0 amide bonds. The van der Waals surface area contributed by atoms with Gasteiger partial charge in [-0.05, 0) is 12.8 Å². The number of aromatic nitrogens is 1. The molecule has 1 heterocycles. The third-order valence-electron chi connectivity index (χ3n) is 0.767. The lowest BCUT2D eigenvalue weighted by atomic mass is 10.5. The predicted octanol–water partition coefficient (Wildman–Crippen LogP) is 2.07. The van der Waals surface area contributed by atoms with Crippen LogP contribution in [0.2, 0.25) is 0 Å². The van der Waals surface area contributed by atoms with Crippen LogP contribution in [-0.2, 0) is 0 Å². The van der Waals surface area contributed by atoms with E-state index in [9.17, 15) is 0 Å². The second-order valence-corrected chi connectivity index (χ2v) is 2.46. The summed E-state index contributed by atoms with van der Waals surface area (Å²) in [6.07, 6.45) is 5.06. The molecule has 2 heteroatoms. The minimum atomic E-state index is 0. The Balaban J connectivity index is 0.000000640. The smallest absolute Gasteiger partial charge is 0.124 e. The van der Waals surface area contributed by atoms with Crippen LogP contribution in [0.1, 0.15) is 18.1 Å². The van der Waals surface area contributed by atoms with E-state index in [0.29, 0.717) is 0 Å². The quantitative estimate of drug-likeness (QED) is 0.501. The van der Waals surface area contributed by atoms with Crippen LogP contribution < -0.4 is 0 Å². The third kappa shape index (κ3) is 1.87. The van der Waals surface area contributed by atoms with Gasteiger partial charge in [-0.15, -0.1) is 17.8 Å². The van der Waals surface area contributed by atoms with Crippen molar-refractivity contribution in [2.24, 2.45) is 0 Å². The fourth-order valence-corrected chi connectivity index (χ4v) is 0.984. The van der Waals surface area contributed by atoms with Gasteiger partial charge in [-0.25, -0.2) is 4.98 Å². The molecule has 0 radical (unpaired) electrons. The van der Waals surface area contributed by atoms with Gasteiger partial charge in [0, 0.05) is 5.38 Å². The molecule has 1 rings (SSSR count). The van der Waals surface area contributed by atoms with Crippen LogP contribution in [0.4, 0.5) is 0 Å². The molecule has 9 heavy (non-hydrogen) atoms. The lowest BCUT2D eigenvalue weighted by Crippen LogP contribution is -1.69. The van der Waals surface area contributed by atoms with Crippen molar-refractivity contribution in [3.8, 4) is 12.3 Å². The maximum atomic E-state index is 5.06. The van der Waals surface area contributed by atoms with Crippen molar-refractivity contribution in [1.82, 2.24) is 4.98 Å². The van der Waals surface area contributed by atoms with Gasteiger partial charge in [-0.2, -0.15) is 0 Å². The fourth-order valence-electron chi connectivity index (χ4n) is 0.430. The monoisotopic (exact) mass is 139 g/mol. The summed E-state index contributed by atoms with van der Waals surface area (Å²) < 4.78 is 0. The van der Waals surface area contributed by atoms with Gasteiger partial charge in [0.05, 0.1) is 5.01 Å². The first-order chi connectivity index (χ1) is 3.83. The van der Waals surface area contributed by atoms with E-state index < -0.39 is 0 Å². The number of aryl methyl sites for hydroxylation is 1. The van der Waals surface area contributed by atoms with Gasteiger partial charge in [0.25, 0.3) is 0 Å². The molecule has 0 N–H and O–H groups in total. The van der Waals surface area contributed by atoms with E-state index in [1.54, 1.807) is 11.3 Å². The van der Waals surface area contributed by atoms with Crippen molar-refractivity contribution in [1.29, 1.82) is 0 Å². The van der Waals surface area contributed by atoms with E-state index >= 15 is 0 Å². The van der Waals surface area contributed by atoms with E-state index in [0.717, 1.165) is 10.7 Å². The summed E-state index contributed by atoms with van der Waals surface area (Å²) in [5.74, 6) is 2.45. The van der Waals surface area contributed by atoms with Crippen molar-refractivity contribution in [3.63, 3.8) is 0 Å². The summed E-state index contributed by atoms with van der Waals surface area (Å²) in [5, 5.41) is 2.90. The first-order valence-electron chi connectivity index (χ1n) is 2.21. The second kappa shape index (κ2) is 3.26. The normalized spacial score (nSPS) is 7.56. The Bertz CT molecular complexity index is 219. The molecule has 0 aliphatic heterocycles. The molecule has 0 spiro atoms. The van der Waals surface area contributed by atoms with Crippen molar-refractivity contribution < 1.29 is 0 Å². The molecule has 0 aliphatic carbocycles. The van der Waals surface area contributed by atoms with Crippen LogP contribution in [-0.4, -0.2) is 4.98 Å². The highest BCUT2D eigenvalue weighted by Crippen LogP contribution is 2.05. The van der Waals surface area contributed by atoms with Gasteiger partial charge in [0.1, 0.15) is 5.69 Å². The Morgan fingerprint density at radius 3 is 2.67 bits per heavy atom. The van der Waals surface area contributed by atoms with Gasteiger partial charge < -0.3 is 0 Å². The van der Waals surface area contributed by atoms with Crippen LogP contribution in [0.3, 0.4) is 0 Å². The number of rotatable bonds is 0. The average Bonchev–Trinajstić information content (AvgIpc) is 2.14. The zero-order chi connectivity index (χ0) is 5.98. The summed E-state index contributed by atoms with van der Waals surface area (Å²) in [6.45, 7) is 1.94. The van der Waals surface area contributed by atoms with Gasteiger partial charge in [0.15, 0.2) is 0 Å². The molecule has 0 bridgehead atoms. The van der Waals surface area contributed by atoms with Crippen molar-refractivity contribution in [3.05, 3.63) is 16.1 Å². The Labute approximate surface area is 59.8 Å². The summed E-state index contributed by atoms with van der Waals surface area (Å²) in [7, 11) is 0. The van der Waals surface area contributed by atoms with Gasteiger partial charge in [0.2, 0.25) is 0 Å². The molecule has 1 aromatic heterocycles. The molecule has 0 unspecified atom stereocenters. The summed E-state index contributed by atoms with van der Waals surface area (Å²) in [4.78, 5) is 4.01. The van der Waals surface area contributed by atoms with Crippen LogP contribution in [0.15, 0.2) is 5.38 Å². The SMILES string of the molecule is C.C#Cc1csc(C)n1. The first-order valence-corrected chi connectivity index (χ1v) is 3.09. The van der Waals surface area contributed by atoms with Gasteiger partial charge >= 0.3 is 0 Å². The predicted molar refractivity (Wildman–Crippen MR) is 41.5 cm³/mol. The van der Waals surface area contributed by atoms with Gasteiger partial charge in [-0.1, -0.05) is 7.43 Å². The minimum absolute atomic E-state index is 0. The maximum Gasteiger partial charge on any atom is 0.124 e. The lowest BCUT2D eigenvalue weighted by Gasteiger charge is -1.71. The van der Waals surface area contributed by atoms with Crippen LogP contribution in [0.25, 0.3) is 0 Å². The molecule has 48 valence electrons. The van der Waals surface area contributed by atoms with Crippen LogP contribution in [0.5, 0.6) is 0 Å². The van der Waals surface area contributed by atoms with E-state index in [1.165, 1.54) is 0 Å². The summed E-state index contributed by atoms with van der Waals surface area (Å²) in [5.41, 5.74) is 0.743. The van der Waals surface area contributed by atoms with Gasteiger partial charge in [-0.3, -0.25) is 0 Å². The summed E-state index contributed by atoms with van der Waals surface area (Å²) >= 11 is 1.58. The Morgan fingerprint density at radius 1 is 1.78 bits per heavy atom. The highest BCUT2D eigenvalue weighted by atomic mass is 32.1. The van der Waals surface area contributed by atoms with Crippen LogP contribution >= 0.6 is 11.3 Å².